The van der Waals surface area contributed by atoms with E-state index in [0.29, 0.717) is 10.8 Å². The molecule has 4 heteroatoms. The second kappa shape index (κ2) is 2.98. The molecule has 0 aromatic carbocycles. The molecule has 0 radical (unpaired) electrons. The maximum absolute atomic E-state index is 4.03. The third-order valence-electron chi connectivity index (χ3n) is 6.01. The molecule has 16 heavy (non-hydrogen) atoms. The Bertz CT molecular complexity index is 345. The molecule has 4 fully saturated rings. The van der Waals surface area contributed by atoms with Crippen LogP contribution in [0.15, 0.2) is 0 Å². The summed E-state index contributed by atoms with van der Waals surface area (Å²) in [5, 5.41) is 0. The molecule has 0 aromatic rings. The predicted octanol–water partition coefficient (Wildman–Crippen LogP) is 5.56. The highest BCUT2D eigenvalue weighted by Gasteiger charge is 2.90. The molecule has 4 saturated carbocycles. The van der Waals surface area contributed by atoms with E-state index < -0.39 is 0 Å². The standard InChI is InChI=1S/C12H14Br4/c13-11(14)7-5-9-3-1-2-4-10(9,6-8(7)11)12(9,15)16/h7-8H,1-6H2/t7-,8+,9-,10-/m1/s1. The van der Waals surface area contributed by atoms with Gasteiger partial charge >= 0.3 is 0 Å². The minimum Gasteiger partial charge on any atom is -0.0721 e. The average molecular weight is 478 g/mol. The van der Waals surface area contributed by atoms with Gasteiger partial charge in [-0.2, -0.15) is 0 Å². The van der Waals surface area contributed by atoms with Gasteiger partial charge in [-0.3, -0.25) is 0 Å². The summed E-state index contributed by atoms with van der Waals surface area (Å²) in [4.78, 5) is 0. The van der Waals surface area contributed by atoms with E-state index in [1.54, 1.807) is 0 Å². The zero-order valence-corrected chi connectivity index (χ0v) is 15.3. The Morgan fingerprint density at radius 2 is 1.19 bits per heavy atom. The quantitative estimate of drug-likeness (QED) is 0.401. The van der Waals surface area contributed by atoms with Gasteiger partial charge in [-0.1, -0.05) is 76.6 Å². The number of hydrogen-bond acceptors (Lipinski definition) is 0. The largest absolute Gasteiger partial charge is 0.0929 e. The lowest BCUT2D eigenvalue weighted by atomic mass is 9.71. The van der Waals surface area contributed by atoms with Crippen molar-refractivity contribution in [2.75, 3.05) is 0 Å². The van der Waals surface area contributed by atoms with Gasteiger partial charge in [-0.15, -0.1) is 0 Å². The second-order valence-electron chi connectivity index (χ2n) is 6.24. The number of halogens is 4. The van der Waals surface area contributed by atoms with Gasteiger partial charge in [0.15, 0.2) is 0 Å². The molecule has 4 rings (SSSR count). The molecule has 4 aliphatic rings. The fourth-order valence-electron chi connectivity index (χ4n) is 5.01. The fraction of sp³-hybridized carbons (Fsp3) is 1.00. The minimum atomic E-state index is 0.264. The first-order chi connectivity index (χ1) is 7.39. The Labute approximate surface area is 130 Å². The third-order valence-corrected chi connectivity index (χ3v) is 11.4. The summed E-state index contributed by atoms with van der Waals surface area (Å²) in [5.41, 5.74) is 1.12. The van der Waals surface area contributed by atoms with Crippen molar-refractivity contribution in [3.63, 3.8) is 0 Å². The molecule has 0 N–H and O–H groups in total. The molecule has 0 bridgehead atoms. The Hall–Kier alpha value is 1.92. The molecule has 0 aromatic heterocycles. The molecule has 90 valence electrons. The third kappa shape index (κ3) is 0.987. The summed E-state index contributed by atoms with van der Waals surface area (Å²) in [7, 11) is 0. The second-order valence-corrected chi connectivity index (χ2v) is 13.4. The summed E-state index contributed by atoms with van der Waals surface area (Å²) in [6, 6.07) is 0. The smallest absolute Gasteiger partial charge is 0.0721 e. The SMILES string of the molecule is BrC1(Br)[C@@H]2C[C@]34CCCC[C@]3(C[C@@H]21)C4(Br)Br. The zero-order chi connectivity index (χ0) is 11.4. The number of alkyl halides is 4. The van der Waals surface area contributed by atoms with E-state index in [1.807, 2.05) is 0 Å². The van der Waals surface area contributed by atoms with Gasteiger partial charge in [0, 0.05) is 10.8 Å². The molecule has 4 aliphatic carbocycles. The Morgan fingerprint density at radius 1 is 0.750 bits per heavy atom. The number of hydrogen-bond donors (Lipinski definition) is 0. The minimum absolute atomic E-state index is 0.264. The Balaban J connectivity index is 1.76. The topological polar surface area (TPSA) is 0 Å². The summed E-state index contributed by atoms with van der Waals surface area (Å²) in [6.07, 6.45) is 8.48. The number of fused-ring (bicyclic) bond motifs is 1. The van der Waals surface area contributed by atoms with Crippen molar-refractivity contribution in [3.05, 3.63) is 0 Å². The van der Waals surface area contributed by atoms with Crippen molar-refractivity contribution in [1.82, 2.24) is 0 Å². The van der Waals surface area contributed by atoms with Gasteiger partial charge in [-0.05, 0) is 37.5 Å². The molecule has 0 heterocycles. The van der Waals surface area contributed by atoms with E-state index in [9.17, 15) is 0 Å². The van der Waals surface area contributed by atoms with Crippen LogP contribution < -0.4 is 0 Å². The van der Waals surface area contributed by atoms with Crippen LogP contribution in [-0.4, -0.2) is 6.47 Å². The van der Waals surface area contributed by atoms with Crippen LogP contribution in [0.3, 0.4) is 0 Å². The molecule has 0 spiro atoms. The van der Waals surface area contributed by atoms with E-state index in [0.717, 1.165) is 11.8 Å². The van der Waals surface area contributed by atoms with E-state index in [-0.39, 0.29) is 6.47 Å². The van der Waals surface area contributed by atoms with E-state index in [2.05, 4.69) is 63.7 Å². The summed E-state index contributed by atoms with van der Waals surface area (Å²) >= 11 is 15.8. The van der Waals surface area contributed by atoms with Crippen molar-refractivity contribution in [3.8, 4) is 0 Å². The first kappa shape index (κ1) is 11.7. The zero-order valence-electron chi connectivity index (χ0n) is 8.91. The van der Waals surface area contributed by atoms with Crippen LogP contribution in [0, 0.1) is 22.7 Å². The van der Waals surface area contributed by atoms with Crippen LogP contribution in [0.25, 0.3) is 0 Å². The molecular formula is C12H14Br4. The number of rotatable bonds is 0. The average Bonchev–Trinajstić information content (AvgIpc) is 2.93. The van der Waals surface area contributed by atoms with Crippen LogP contribution in [0.1, 0.15) is 38.5 Å². The van der Waals surface area contributed by atoms with Crippen LogP contribution in [-0.2, 0) is 0 Å². The van der Waals surface area contributed by atoms with Crippen molar-refractivity contribution in [2.24, 2.45) is 22.7 Å². The lowest BCUT2D eigenvalue weighted by Crippen LogP contribution is -2.24. The first-order valence-electron chi connectivity index (χ1n) is 6.15. The van der Waals surface area contributed by atoms with E-state index in [1.165, 1.54) is 38.5 Å². The van der Waals surface area contributed by atoms with Gasteiger partial charge in [0.05, 0.1) is 6.47 Å². The predicted molar refractivity (Wildman–Crippen MR) is 80.7 cm³/mol. The first-order valence-corrected chi connectivity index (χ1v) is 9.32. The molecule has 0 unspecified atom stereocenters. The molecule has 0 nitrogen and oxygen atoms in total. The lowest BCUT2D eigenvalue weighted by molar-refractivity contribution is 0.164. The highest BCUT2D eigenvalue weighted by molar-refractivity contribution is 9.26. The summed E-state index contributed by atoms with van der Waals surface area (Å²) in [6.45, 7) is 0. The van der Waals surface area contributed by atoms with Gasteiger partial charge in [-0.25, -0.2) is 0 Å². The van der Waals surface area contributed by atoms with Gasteiger partial charge < -0.3 is 0 Å². The van der Waals surface area contributed by atoms with E-state index in [4.69, 9.17) is 0 Å². The van der Waals surface area contributed by atoms with Crippen molar-refractivity contribution >= 4 is 63.7 Å². The monoisotopic (exact) mass is 474 g/mol. The molecule has 0 amide bonds. The molecule has 0 aliphatic heterocycles. The highest BCUT2D eigenvalue weighted by Crippen LogP contribution is 2.94. The van der Waals surface area contributed by atoms with Crippen molar-refractivity contribution in [2.45, 2.75) is 45.0 Å². The fourth-order valence-corrected chi connectivity index (χ4v) is 9.43. The van der Waals surface area contributed by atoms with Crippen molar-refractivity contribution in [1.29, 1.82) is 0 Å². The Kier molecular flexibility index (Phi) is 2.18. The normalized spacial score (nSPS) is 59.2. The highest BCUT2D eigenvalue weighted by atomic mass is 79.9. The maximum Gasteiger partial charge on any atom is 0.0929 e. The Morgan fingerprint density at radius 3 is 1.62 bits per heavy atom. The molecule has 0 saturated heterocycles. The molecule has 4 atom stereocenters. The maximum atomic E-state index is 4.03. The van der Waals surface area contributed by atoms with Crippen LogP contribution in [0.2, 0.25) is 0 Å². The van der Waals surface area contributed by atoms with Gasteiger partial charge in [0.25, 0.3) is 0 Å². The lowest BCUT2D eigenvalue weighted by Gasteiger charge is -2.32. The van der Waals surface area contributed by atoms with Gasteiger partial charge in [0.2, 0.25) is 0 Å². The van der Waals surface area contributed by atoms with Crippen LogP contribution >= 0.6 is 63.7 Å². The molecular weight excluding hydrogens is 464 g/mol. The summed E-state index contributed by atoms with van der Waals surface area (Å²) < 4.78 is 0.549. The summed E-state index contributed by atoms with van der Waals surface area (Å²) in [5.74, 6) is 1.71. The van der Waals surface area contributed by atoms with Crippen molar-refractivity contribution < 1.29 is 0 Å². The van der Waals surface area contributed by atoms with Crippen LogP contribution in [0.5, 0.6) is 0 Å². The van der Waals surface area contributed by atoms with E-state index >= 15 is 0 Å². The van der Waals surface area contributed by atoms with Crippen LogP contribution in [0.4, 0.5) is 0 Å². The van der Waals surface area contributed by atoms with Gasteiger partial charge in [0.1, 0.15) is 0 Å².